The summed E-state index contributed by atoms with van der Waals surface area (Å²) in [6, 6.07) is 6.28. The van der Waals surface area contributed by atoms with Crippen LogP contribution in [0, 0.1) is 11.7 Å². The van der Waals surface area contributed by atoms with Gasteiger partial charge < -0.3 is 5.32 Å². The summed E-state index contributed by atoms with van der Waals surface area (Å²) in [4.78, 5) is 24.8. The van der Waals surface area contributed by atoms with E-state index in [0.717, 1.165) is 30.7 Å². The largest absolute Gasteiger partial charge is 0.353 e. The van der Waals surface area contributed by atoms with Crippen molar-refractivity contribution in [3.63, 3.8) is 0 Å². The van der Waals surface area contributed by atoms with Gasteiger partial charge in [0, 0.05) is 32.0 Å². The average Bonchev–Trinajstić information content (AvgIpc) is 2.82. The molecule has 1 aromatic heterocycles. The van der Waals surface area contributed by atoms with Crippen LogP contribution in [0.4, 0.5) is 4.39 Å². The molecule has 0 saturated heterocycles. The Hall–Kier alpha value is -2.44. The molecule has 0 saturated carbocycles. The zero-order chi connectivity index (χ0) is 20.1. The average molecular weight is 388 g/mol. The Labute approximate surface area is 164 Å². The lowest BCUT2D eigenvalue weighted by Crippen LogP contribution is -2.36. The van der Waals surface area contributed by atoms with Gasteiger partial charge in [0.05, 0.1) is 0 Å². The van der Waals surface area contributed by atoms with Gasteiger partial charge in [0.15, 0.2) is 0 Å². The highest BCUT2D eigenvalue weighted by molar-refractivity contribution is 5.76. The van der Waals surface area contributed by atoms with E-state index < -0.39 is 0 Å². The summed E-state index contributed by atoms with van der Waals surface area (Å²) in [6.07, 6.45) is 4.08. The van der Waals surface area contributed by atoms with Gasteiger partial charge in [0.2, 0.25) is 5.91 Å². The maximum Gasteiger partial charge on any atom is 0.345 e. The maximum atomic E-state index is 12.9. The molecule has 1 aliphatic heterocycles. The number of aromatic nitrogens is 3. The van der Waals surface area contributed by atoms with Gasteiger partial charge in [-0.05, 0) is 49.3 Å². The molecule has 1 unspecified atom stereocenters. The number of carbonyl (C=O) groups excluding carboxylic acids is 1. The minimum atomic E-state index is -0.271. The van der Waals surface area contributed by atoms with Gasteiger partial charge in [-0.3, -0.25) is 9.36 Å². The first-order valence-electron chi connectivity index (χ1n) is 10.1. The zero-order valence-electron chi connectivity index (χ0n) is 16.7. The van der Waals surface area contributed by atoms with Crippen LogP contribution in [0.25, 0.3) is 0 Å². The van der Waals surface area contributed by atoms with Crippen molar-refractivity contribution in [1.82, 2.24) is 19.7 Å². The number of hydrogen-bond acceptors (Lipinski definition) is 3. The fraction of sp³-hybridized carbons (Fsp3) is 0.571. The van der Waals surface area contributed by atoms with Crippen molar-refractivity contribution < 1.29 is 9.18 Å². The van der Waals surface area contributed by atoms with Gasteiger partial charge in [-0.15, -0.1) is 0 Å². The van der Waals surface area contributed by atoms with Gasteiger partial charge in [0.1, 0.15) is 11.6 Å². The van der Waals surface area contributed by atoms with E-state index in [1.54, 1.807) is 21.4 Å². The molecule has 0 fully saturated rings. The molecule has 1 amide bonds. The predicted octanol–water partition coefficient (Wildman–Crippen LogP) is 2.68. The number of carbonyl (C=O) groups is 1. The number of aryl methyl sites for hydroxylation is 3. The molecule has 1 N–H and O–H groups in total. The van der Waals surface area contributed by atoms with Gasteiger partial charge in [0.25, 0.3) is 0 Å². The number of halogens is 1. The van der Waals surface area contributed by atoms with E-state index in [1.807, 2.05) is 0 Å². The van der Waals surface area contributed by atoms with E-state index in [2.05, 4.69) is 24.3 Å². The number of fused-ring (bicyclic) bond motifs is 1. The Morgan fingerprint density at radius 2 is 2.04 bits per heavy atom. The molecular weight excluding hydrogens is 359 g/mol. The van der Waals surface area contributed by atoms with Crippen LogP contribution in [0.5, 0.6) is 0 Å². The number of hydrogen-bond donors (Lipinski definition) is 1. The SMILES string of the molecule is CC(C)CCn1nc2n(c1=O)CCC(NC(=O)CCc1ccc(F)cc1)CC2. The lowest BCUT2D eigenvalue weighted by Gasteiger charge is -2.16. The second-order valence-corrected chi connectivity index (χ2v) is 7.97. The molecule has 1 aromatic carbocycles. The van der Waals surface area contributed by atoms with Crippen molar-refractivity contribution in [2.24, 2.45) is 5.92 Å². The fourth-order valence-electron chi connectivity index (χ4n) is 3.51. The molecule has 0 spiro atoms. The number of rotatable bonds is 7. The first-order chi connectivity index (χ1) is 13.4. The molecule has 0 radical (unpaired) electrons. The van der Waals surface area contributed by atoms with E-state index in [-0.39, 0.29) is 23.5 Å². The van der Waals surface area contributed by atoms with Crippen LogP contribution in [0.15, 0.2) is 29.1 Å². The Morgan fingerprint density at radius 3 is 2.75 bits per heavy atom. The van der Waals surface area contributed by atoms with Crippen molar-refractivity contribution in [3.05, 3.63) is 52.0 Å². The summed E-state index contributed by atoms with van der Waals surface area (Å²) in [7, 11) is 0. The van der Waals surface area contributed by atoms with Crippen molar-refractivity contribution in [2.45, 2.75) is 71.5 Å². The summed E-state index contributed by atoms with van der Waals surface area (Å²) in [5.41, 5.74) is 0.901. The van der Waals surface area contributed by atoms with Crippen molar-refractivity contribution >= 4 is 5.91 Å². The first-order valence-corrected chi connectivity index (χ1v) is 10.1. The van der Waals surface area contributed by atoms with Crippen LogP contribution in [0.1, 0.15) is 50.9 Å². The van der Waals surface area contributed by atoms with Crippen LogP contribution in [-0.4, -0.2) is 26.3 Å². The van der Waals surface area contributed by atoms with Gasteiger partial charge >= 0.3 is 5.69 Å². The number of benzene rings is 1. The molecule has 152 valence electrons. The number of amides is 1. The Bertz CT molecular complexity index is 854. The van der Waals surface area contributed by atoms with Crippen molar-refractivity contribution in [3.8, 4) is 0 Å². The normalized spacial score (nSPS) is 16.6. The molecule has 7 heteroatoms. The summed E-state index contributed by atoms with van der Waals surface area (Å²) in [5, 5.41) is 7.58. The third-order valence-electron chi connectivity index (χ3n) is 5.25. The fourth-order valence-corrected chi connectivity index (χ4v) is 3.51. The molecule has 3 rings (SSSR count). The molecule has 0 aliphatic carbocycles. The van der Waals surface area contributed by atoms with Crippen LogP contribution in [0.2, 0.25) is 0 Å². The summed E-state index contributed by atoms with van der Waals surface area (Å²) < 4.78 is 16.3. The minimum Gasteiger partial charge on any atom is -0.353 e. The maximum absolute atomic E-state index is 12.9. The molecule has 0 bridgehead atoms. The Kier molecular flexibility index (Phi) is 6.65. The summed E-state index contributed by atoms with van der Waals surface area (Å²) in [5.74, 6) is 1.07. The van der Waals surface area contributed by atoms with Gasteiger partial charge in [-0.1, -0.05) is 26.0 Å². The predicted molar refractivity (Wildman–Crippen MR) is 106 cm³/mol. The molecule has 2 aromatic rings. The van der Waals surface area contributed by atoms with E-state index in [0.29, 0.717) is 38.3 Å². The number of nitrogens with one attached hydrogen (secondary N) is 1. The van der Waals surface area contributed by atoms with Crippen LogP contribution in [-0.2, 0) is 30.7 Å². The zero-order valence-corrected chi connectivity index (χ0v) is 16.7. The summed E-state index contributed by atoms with van der Waals surface area (Å²) >= 11 is 0. The van der Waals surface area contributed by atoms with Gasteiger partial charge in [-0.25, -0.2) is 13.9 Å². The Morgan fingerprint density at radius 1 is 1.29 bits per heavy atom. The smallest absolute Gasteiger partial charge is 0.345 e. The van der Waals surface area contributed by atoms with Gasteiger partial charge in [-0.2, -0.15) is 5.10 Å². The third-order valence-corrected chi connectivity index (χ3v) is 5.25. The molecule has 2 heterocycles. The molecule has 6 nitrogen and oxygen atoms in total. The van der Waals surface area contributed by atoms with E-state index >= 15 is 0 Å². The van der Waals surface area contributed by atoms with Crippen molar-refractivity contribution in [1.29, 1.82) is 0 Å². The quantitative estimate of drug-likeness (QED) is 0.793. The molecule has 1 atom stereocenters. The number of nitrogens with zero attached hydrogens (tertiary/aromatic N) is 3. The topological polar surface area (TPSA) is 68.9 Å². The standard InChI is InChI=1S/C21H29FN4O2/c1-15(2)11-14-26-21(28)25-13-12-18(8-9-19(25)24-26)23-20(27)10-5-16-3-6-17(22)7-4-16/h3-4,6-7,15,18H,5,8-14H2,1-2H3,(H,23,27). The minimum absolute atomic E-state index is 0.0109. The monoisotopic (exact) mass is 388 g/mol. The van der Waals surface area contributed by atoms with Crippen LogP contribution in [0.3, 0.4) is 0 Å². The summed E-state index contributed by atoms with van der Waals surface area (Å²) in [6.45, 7) is 5.50. The lowest BCUT2D eigenvalue weighted by atomic mass is 10.1. The van der Waals surface area contributed by atoms with E-state index in [9.17, 15) is 14.0 Å². The van der Waals surface area contributed by atoms with E-state index in [1.165, 1.54) is 12.1 Å². The second kappa shape index (κ2) is 9.17. The van der Waals surface area contributed by atoms with Crippen LogP contribution < -0.4 is 11.0 Å². The third kappa shape index (κ3) is 5.30. The lowest BCUT2D eigenvalue weighted by molar-refractivity contribution is -0.121. The highest BCUT2D eigenvalue weighted by Gasteiger charge is 2.22. The van der Waals surface area contributed by atoms with E-state index in [4.69, 9.17) is 0 Å². The highest BCUT2D eigenvalue weighted by atomic mass is 19.1. The molecule has 1 aliphatic rings. The van der Waals surface area contributed by atoms with Crippen LogP contribution >= 0.6 is 0 Å². The first kappa shape index (κ1) is 20.3. The highest BCUT2D eigenvalue weighted by Crippen LogP contribution is 2.13. The Balaban J connectivity index is 1.50. The molecular formula is C21H29FN4O2. The van der Waals surface area contributed by atoms with Crippen molar-refractivity contribution in [2.75, 3.05) is 0 Å². The molecule has 28 heavy (non-hydrogen) atoms. The second-order valence-electron chi connectivity index (χ2n) is 7.97.